The molecule has 3 rings (SSSR count). The number of hydrogen-bond donors (Lipinski definition) is 2. The molecule has 2 aromatic carbocycles. The van der Waals surface area contributed by atoms with Crippen molar-refractivity contribution in [2.24, 2.45) is 4.99 Å². The van der Waals surface area contributed by atoms with Gasteiger partial charge in [0.05, 0.1) is 26.4 Å². The van der Waals surface area contributed by atoms with Crippen LogP contribution in [0.4, 0.5) is 4.39 Å². The summed E-state index contributed by atoms with van der Waals surface area (Å²) in [5.41, 5.74) is 3.29. The predicted octanol–water partition coefficient (Wildman–Crippen LogP) is 2.92. The van der Waals surface area contributed by atoms with Crippen LogP contribution in [0.3, 0.4) is 0 Å². The van der Waals surface area contributed by atoms with E-state index in [0.29, 0.717) is 19.8 Å². The molecule has 1 fully saturated rings. The van der Waals surface area contributed by atoms with Crippen molar-refractivity contribution in [1.29, 1.82) is 0 Å². The van der Waals surface area contributed by atoms with Gasteiger partial charge in [-0.3, -0.25) is 9.89 Å². The van der Waals surface area contributed by atoms with Gasteiger partial charge in [0.15, 0.2) is 5.96 Å². The molecule has 1 atom stereocenters. The van der Waals surface area contributed by atoms with Crippen molar-refractivity contribution in [3.05, 3.63) is 65.0 Å². The third kappa shape index (κ3) is 6.67. The second-order valence-electron chi connectivity index (χ2n) is 7.65. The molecule has 6 nitrogen and oxygen atoms in total. The highest BCUT2D eigenvalue weighted by Crippen LogP contribution is 2.22. The molecule has 0 spiro atoms. The minimum atomic E-state index is -0.216. The summed E-state index contributed by atoms with van der Waals surface area (Å²) in [5.74, 6) is 1.42. The number of rotatable bonds is 8. The first-order valence-electron chi connectivity index (χ1n) is 10.8. The fourth-order valence-electron chi connectivity index (χ4n) is 3.82. The molecule has 2 N–H and O–H groups in total. The molecule has 1 aliphatic rings. The van der Waals surface area contributed by atoms with Crippen molar-refractivity contribution < 1.29 is 13.9 Å². The van der Waals surface area contributed by atoms with E-state index in [4.69, 9.17) is 9.47 Å². The molecule has 31 heavy (non-hydrogen) atoms. The summed E-state index contributed by atoms with van der Waals surface area (Å²) < 4.78 is 24.8. The average Bonchev–Trinajstić information content (AvgIpc) is 2.80. The highest BCUT2D eigenvalue weighted by Gasteiger charge is 2.23. The second kappa shape index (κ2) is 11.7. The number of aliphatic imine (C=N–C) groups is 1. The third-order valence-electron chi connectivity index (χ3n) is 5.58. The summed E-state index contributed by atoms with van der Waals surface area (Å²) >= 11 is 0. The summed E-state index contributed by atoms with van der Waals surface area (Å²) in [6.07, 6.45) is 0.855. The van der Waals surface area contributed by atoms with Crippen molar-refractivity contribution in [1.82, 2.24) is 15.5 Å². The zero-order chi connectivity index (χ0) is 22.1. The zero-order valence-corrected chi connectivity index (χ0v) is 18.7. The van der Waals surface area contributed by atoms with E-state index in [2.05, 4.69) is 38.7 Å². The van der Waals surface area contributed by atoms with E-state index >= 15 is 0 Å². The molecule has 0 saturated carbocycles. The minimum absolute atomic E-state index is 0.0412. The molecular weight excluding hydrogens is 395 g/mol. The topological polar surface area (TPSA) is 58.1 Å². The maximum Gasteiger partial charge on any atom is 0.191 e. The molecular formula is C24H33FN4O2. The van der Waals surface area contributed by atoms with Crippen molar-refractivity contribution >= 4 is 5.96 Å². The van der Waals surface area contributed by atoms with Crippen molar-refractivity contribution in [2.75, 3.05) is 53.6 Å². The van der Waals surface area contributed by atoms with Crippen molar-refractivity contribution in [3.63, 3.8) is 0 Å². The third-order valence-corrected chi connectivity index (χ3v) is 5.58. The Labute approximate surface area is 184 Å². The maximum atomic E-state index is 13.9. The van der Waals surface area contributed by atoms with E-state index in [0.717, 1.165) is 48.9 Å². The zero-order valence-electron chi connectivity index (χ0n) is 18.7. The summed E-state index contributed by atoms with van der Waals surface area (Å²) in [5, 5.41) is 6.78. The second-order valence-corrected chi connectivity index (χ2v) is 7.65. The Morgan fingerprint density at radius 1 is 1.19 bits per heavy atom. The van der Waals surface area contributed by atoms with Crippen LogP contribution in [0.15, 0.2) is 47.5 Å². The van der Waals surface area contributed by atoms with Gasteiger partial charge in [-0.1, -0.05) is 24.3 Å². The van der Waals surface area contributed by atoms with E-state index in [1.54, 1.807) is 26.3 Å². The van der Waals surface area contributed by atoms with E-state index in [-0.39, 0.29) is 11.9 Å². The number of ether oxygens (including phenoxy) is 2. The largest absolute Gasteiger partial charge is 0.496 e. The Balaban J connectivity index is 1.57. The predicted molar refractivity (Wildman–Crippen MR) is 122 cm³/mol. The maximum absolute atomic E-state index is 13.9. The molecule has 2 aromatic rings. The number of aryl methyl sites for hydroxylation is 1. The molecule has 0 aliphatic carbocycles. The highest BCUT2D eigenvalue weighted by atomic mass is 19.1. The quantitative estimate of drug-likeness (QED) is 0.500. The lowest BCUT2D eigenvalue weighted by molar-refractivity contribution is 0.0169. The Kier molecular flexibility index (Phi) is 8.67. The van der Waals surface area contributed by atoms with Gasteiger partial charge < -0.3 is 20.1 Å². The Morgan fingerprint density at radius 2 is 2.00 bits per heavy atom. The fourth-order valence-corrected chi connectivity index (χ4v) is 3.82. The molecule has 0 bridgehead atoms. The first-order chi connectivity index (χ1) is 15.1. The lowest BCUT2D eigenvalue weighted by Crippen LogP contribution is -2.46. The van der Waals surface area contributed by atoms with Gasteiger partial charge in [0.25, 0.3) is 0 Å². The van der Waals surface area contributed by atoms with Crippen LogP contribution in [-0.4, -0.2) is 64.4 Å². The van der Waals surface area contributed by atoms with Crippen molar-refractivity contribution in [3.8, 4) is 5.75 Å². The van der Waals surface area contributed by atoms with Crippen molar-refractivity contribution in [2.45, 2.75) is 19.4 Å². The standard InChI is InChI=1S/C24H33FN4O2/c1-18-7-8-19(15-23(18)30-3)9-10-27-24(26-2)28-17-22(29-11-13-31-14-12-29)20-5-4-6-21(25)16-20/h4-8,15-16,22H,9-14,17H2,1-3H3,(H2,26,27,28). The molecule has 7 heteroatoms. The molecule has 0 amide bonds. The molecule has 1 heterocycles. The molecule has 0 aromatic heterocycles. The number of benzene rings is 2. The lowest BCUT2D eigenvalue weighted by Gasteiger charge is -2.35. The first-order valence-corrected chi connectivity index (χ1v) is 10.8. The normalized spacial score (nSPS) is 16.1. The van der Waals surface area contributed by atoms with Gasteiger partial charge in [0.2, 0.25) is 0 Å². The van der Waals surface area contributed by atoms with Crippen LogP contribution in [0.25, 0.3) is 0 Å². The van der Waals surface area contributed by atoms with Crippen LogP contribution in [0.2, 0.25) is 0 Å². The molecule has 1 aliphatic heterocycles. The minimum Gasteiger partial charge on any atom is -0.496 e. The number of guanidine groups is 1. The van der Waals surface area contributed by atoms with E-state index in [1.165, 1.54) is 11.6 Å². The molecule has 168 valence electrons. The number of nitrogens with one attached hydrogen (secondary N) is 2. The van der Waals surface area contributed by atoms with Gasteiger partial charge in [0, 0.05) is 33.2 Å². The number of nitrogens with zero attached hydrogens (tertiary/aromatic N) is 2. The number of methoxy groups -OCH3 is 1. The van der Waals surface area contributed by atoms with E-state index in [1.807, 2.05) is 13.0 Å². The molecule has 0 radical (unpaired) electrons. The van der Waals surface area contributed by atoms with E-state index in [9.17, 15) is 4.39 Å². The van der Waals surface area contributed by atoms with Gasteiger partial charge in [-0.05, 0) is 48.2 Å². The summed E-state index contributed by atoms with van der Waals surface area (Å²) in [4.78, 5) is 6.68. The first kappa shape index (κ1) is 23.0. The number of morpholine rings is 1. The van der Waals surface area contributed by atoms with Gasteiger partial charge in [0.1, 0.15) is 11.6 Å². The van der Waals surface area contributed by atoms with Crippen LogP contribution < -0.4 is 15.4 Å². The van der Waals surface area contributed by atoms with Crippen LogP contribution >= 0.6 is 0 Å². The van der Waals surface area contributed by atoms with Gasteiger partial charge in [-0.2, -0.15) is 0 Å². The summed E-state index contributed by atoms with van der Waals surface area (Å²) in [6, 6.07) is 13.1. The number of halogens is 1. The average molecular weight is 429 g/mol. The van der Waals surface area contributed by atoms with Gasteiger partial charge in [-0.25, -0.2) is 4.39 Å². The molecule has 1 unspecified atom stereocenters. The molecule has 1 saturated heterocycles. The Bertz CT molecular complexity index is 868. The fraction of sp³-hybridized carbons (Fsp3) is 0.458. The van der Waals surface area contributed by atoms with Crippen LogP contribution in [-0.2, 0) is 11.2 Å². The van der Waals surface area contributed by atoms with E-state index < -0.39 is 0 Å². The van der Waals surface area contributed by atoms with Crippen LogP contribution in [0, 0.1) is 12.7 Å². The lowest BCUT2D eigenvalue weighted by atomic mass is 10.0. The van der Waals surface area contributed by atoms with Crippen LogP contribution in [0.5, 0.6) is 5.75 Å². The summed E-state index contributed by atoms with van der Waals surface area (Å²) in [7, 11) is 3.45. The van der Waals surface area contributed by atoms with Gasteiger partial charge >= 0.3 is 0 Å². The monoisotopic (exact) mass is 428 g/mol. The Morgan fingerprint density at radius 3 is 2.71 bits per heavy atom. The van der Waals surface area contributed by atoms with Crippen LogP contribution in [0.1, 0.15) is 22.7 Å². The smallest absolute Gasteiger partial charge is 0.191 e. The Hall–Kier alpha value is -2.64. The van der Waals surface area contributed by atoms with Gasteiger partial charge in [-0.15, -0.1) is 0 Å². The summed E-state index contributed by atoms with van der Waals surface area (Å²) in [6.45, 7) is 6.44. The number of hydrogen-bond acceptors (Lipinski definition) is 4. The highest BCUT2D eigenvalue weighted by molar-refractivity contribution is 5.79. The SMILES string of the molecule is CN=C(NCCc1ccc(C)c(OC)c1)NCC(c1cccc(F)c1)N1CCOCC1.